The normalized spacial score (nSPS) is 10.5. The van der Waals surface area contributed by atoms with Crippen LogP contribution in [0.2, 0.25) is 0 Å². The van der Waals surface area contributed by atoms with Gasteiger partial charge in [0.15, 0.2) is 6.29 Å². The molecule has 1 heterocycles. The number of benzene rings is 2. The Morgan fingerprint density at radius 1 is 1.17 bits per heavy atom. The predicted octanol–water partition coefficient (Wildman–Crippen LogP) is 3.56. The van der Waals surface area contributed by atoms with E-state index in [0.29, 0.717) is 16.8 Å². The van der Waals surface area contributed by atoms with Crippen LogP contribution in [0.25, 0.3) is 11.3 Å². The number of aromatic nitrogens is 2. The largest absolute Gasteiger partial charge is 0.497 e. The standard InChI is InChI=1S/C18H15FN2O2/c1-23-16-8-6-13(7-9-16)18-15(12-22)11-21(20-18)10-14-4-2-3-5-17(14)19/h2-9,11-12H,10H2,1H3. The van der Waals surface area contributed by atoms with Crippen molar-refractivity contribution in [1.82, 2.24) is 9.78 Å². The Balaban J connectivity index is 1.94. The second-order valence-electron chi connectivity index (χ2n) is 5.07. The summed E-state index contributed by atoms with van der Waals surface area (Å²) in [5, 5.41) is 4.42. The van der Waals surface area contributed by atoms with Crippen molar-refractivity contribution in [3.63, 3.8) is 0 Å². The van der Waals surface area contributed by atoms with Gasteiger partial charge < -0.3 is 4.74 Å². The Morgan fingerprint density at radius 2 is 1.91 bits per heavy atom. The van der Waals surface area contributed by atoms with Crippen LogP contribution in [-0.2, 0) is 6.54 Å². The fourth-order valence-electron chi connectivity index (χ4n) is 2.38. The average Bonchev–Trinajstić information content (AvgIpc) is 3.00. The van der Waals surface area contributed by atoms with Gasteiger partial charge in [0.05, 0.1) is 19.2 Å². The summed E-state index contributed by atoms with van der Waals surface area (Å²) in [5.41, 5.74) is 2.36. The summed E-state index contributed by atoms with van der Waals surface area (Å²) in [7, 11) is 1.59. The Labute approximate surface area is 133 Å². The van der Waals surface area contributed by atoms with Crippen LogP contribution in [0.1, 0.15) is 15.9 Å². The van der Waals surface area contributed by atoms with Crippen molar-refractivity contribution in [1.29, 1.82) is 0 Å². The zero-order valence-electron chi connectivity index (χ0n) is 12.6. The van der Waals surface area contributed by atoms with Crippen molar-refractivity contribution >= 4 is 6.29 Å². The maximum absolute atomic E-state index is 13.7. The summed E-state index contributed by atoms with van der Waals surface area (Å²) in [6.45, 7) is 0.268. The van der Waals surface area contributed by atoms with Crippen molar-refractivity contribution in [2.75, 3.05) is 7.11 Å². The molecule has 0 saturated carbocycles. The molecule has 0 saturated heterocycles. The van der Waals surface area contributed by atoms with Crippen molar-refractivity contribution < 1.29 is 13.9 Å². The molecule has 1 aromatic heterocycles. The monoisotopic (exact) mass is 310 g/mol. The molecule has 0 bridgehead atoms. The Kier molecular flexibility index (Phi) is 4.19. The van der Waals surface area contributed by atoms with Crippen molar-refractivity contribution in [2.24, 2.45) is 0 Å². The molecule has 0 unspecified atom stereocenters. The molecule has 0 fully saturated rings. The number of carbonyl (C=O) groups is 1. The van der Waals surface area contributed by atoms with E-state index < -0.39 is 0 Å². The number of ether oxygens (including phenoxy) is 1. The minimum absolute atomic E-state index is 0.268. The summed E-state index contributed by atoms with van der Waals surface area (Å²) in [4.78, 5) is 11.3. The lowest BCUT2D eigenvalue weighted by atomic mass is 10.1. The van der Waals surface area contributed by atoms with Gasteiger partial charge in [0, 0.05) is 17.3 Å². The first kappa shape index (κ1) is 15.0. The number of nitrogens with zero attached hydrogens (tertiary/aromatic N) is 2. The van der Waals surface area contributed by atoms with Gasteiger partial charge in [-0.2, -0.15) is 5.10 Å². The fraction of sp³-hybridized carbons (Fsp3) is 0.111. The van der Waals surface area contributed by atoms with E-state index >= 15 is 0 Å². The summed E-state index contributed by atoms with van der Waals surface area (Å²) in [6, 6.07) is 13.8. The van der Waals surface area contributed by atoms with Crippen LogP contribution in [0.4, 0.5) is 4.39 Å². The molecule has 116 valence electrons. The molecule has 0 radical (unpaired) electrons. The predicted molar refractivity (Wildman–Crippen MR) is 85.1 cm³/mol. The molecule has 23 heavy (non-hydrogen) atoms. The maximum Gasteiger partial charge on any atom is 0.153 e. The number of aldehydes is 1. The molecule has 5 heteroatoms. The first-order chi connectivity index (χ1) is 11.2. The van der Waals surface area contributed by atoms with Crippen LogP contribution in [0.3, 0.4) is 0 Å². The topological polar surface area (TPSA) is 44.1 Å². The molecule has 0 aliphatic heterocycles. The van der Waals surface area contributed by atoms with Gasteiger partial charge >= 0.3 is 0 Å². The summed E-state index contributed by atoms with van der Waals surface area (Å²) in [5.74, 6) is 0.439. The number of rotatable bonds is 5. The second-order valence-corrected chi connectivity index (χ2v) is 5.07. The third kappa shape index (κ3) is 3.13. The molecule has 0 N–H and O–H groups in total. The van der Waals surface area contributed by atoms with E-state index in [1.165, 1.54) is 6.07 Å². The number of hydrogen-bond donors (Lipinski definition) is 0. The van der Waals surface area contributed by atoms with Crippen LogP contribution < -0.4 is 4.74 Å². The molecular formula is C18H15FN2O2. The third-order valence-electron chi connectivity index (χ3n) is 3.57. The number of carbonyl (C=O) groups excluding carboxylic acids is 1. The molecule has 0 aliphatic rings. The van der Waals surface area contributed by atoms with Crippen LogP contribution in [0, 0.1) is 5.82 Å². The van der Waals surface area contributed by atoms with Gasteiger partial charge in [-0.3, -0.25) is 9.48 Å². The lowest BCUT2D eigenvalue weighted by Crippen LogP contribution is -2.02. The fourth-order valence-corrected chi connectivity index (χ4v) is 2.38. The minimum atomic E-state index is -0.290. The number of halogens is 1. The summed E-state index contributed by atoms with van der Waals surface area (Å²) in [6.07, 6.45) is 2.38. The van der Waals surface area contributed by atoms with E-state index in [1.54, 1.807) is 48.3 Å². The van der Waals surface area contributed by atoms with Crippen LogP contribution in [-0.4, -0.2) is 23.2 Å². The zero-order chi connectivity index (χ0) is 16.2. The molecule has 4 nitrogen and oxygen atoms in total. The quantitative estimate of drug-likeness (QED) is 0.677. The zero-order valence-corrected chi connectivity index (χ0v) is 12.6. The van der Waals surface area contributed by atoms with Crippen LogP contribution in [0.5, 0.6) is 5.75 Å². The van der Waals surface area contributed by atoms with Gasteiger partial charge in [-0.1, -0.05) is 18.2 Å². The van der Waals surface area contributed by atoms with Gasteiger partial charge in [0.25, 0.3) is 0 Å². The highest BCUT2D eigenvalue weighted by atomic mass is 19.1. The Hall–Kier alpha value is -2.95. The maximum atomic E-state index is 13.7. The molecule has 2 aromatic carbocycles. The van der Waals surface area contributed by atoms with Crippen molar-refractivity contribution in [3.8, 4) is 17.0 Å². The highest BCUT2D eigenvalue weighted by Gasteiger charge is 2.12. The van der Waals surface area contributed by atoms with E-state index in [0.717, 1.165) is 17.6 Å². The first-order valence-electron chi connectivity index (χ1n) is 7.11. The van der Waals surface area contributed by atoms with Crippen molar-refractivity contribution in [3.05, 3.63) is 71.7 Å². The number of hydrogen-bond acceptors (Lipinski definition) is 3. The minimum Gasteiger partial charge on any atom is -0.497 e. The summed E-state index contributed by atoms with van der Waals surface area (Å²) < 4.78 is 20.4. The molecule has 0 amide bonds. The van der Waals surface area contributed by atoms with Gasteiger partial charge in [0.1, 0.15) is 17.3 Å². The average molecular weight is 310 g/mol. The van der Waals surface area contributed by atoms with E-state index in [1.807, 2.05) is 12.1 Å². The van der Waals surface area contributed by atoms with E-state index in [2.05, 4.69) is 5.10 Å². The van der Waals surface area contributed by atoms with Crippen LogP contribution >= 0.6 is 0 Å². The molecule has 0 atom stereocenters. The highest BCUT2D eigenvalue weighted by molar-refractivity contribution is 5.85. The third-order valence-corrected chi connectivity index (χ3v) is 3.57. The lowest BCUT2D eigenvalue weighted by Gasteiger charge is -2.03. The molecule has 0 spiro atoms. The van der Waals surface area contributed by atoms with Crippen LogP contribution in [0.15, 0.2) is 54.7 Å². The second kappa shape index (κ2) is 6.44. The van der Waals surface area contributed by atoms with E-state index in [9.17, 15) is 9.18 Å². The van der Waals surface area contributed by atoms with Crippen molar-refractivity contribution in [2.45, 2.75) is 6.54 Å². The smallest absolute Gasteiger partial charge is 0.153 e. The van der Waals surface area contributed by atoms with Gasteiger partial charge in [-0.05, 0) is 30.3 Å². The molecule has 3 aromatic rings. The number of methoxy groups -OCH3 is 1. The molecular weight excluding hydrogens is 295 g/mol. The van der Waals surface area contributed by atoms with Gasteiger partial charge in [-0.25, -0.2) is 4.39 Å². The molecule has 0 aliphatic carbocycles. The van der Waals surface area contributed by atoms with Gasteiger partial charge in [-0.15, -0.1) is 0 Å². The van der Waals surface area contributed by atoms with E-state index in [4.69, 9.17) is 4.74 Å². The Morgan fingerprint density at radius 3 is 2.57 bits per heavy atom. The highest BCUT2D eigenvalue weighted by Crippen LogP contribution is 2.24. The first-order valence-corrected chi connectivity index (χ1v) is 7.11. The molecule has 3 rings (SSSR count). The SMILES string of the molecule is COc1ccc(-c2nn(Cc3ccccc3F)cc2C=O)cc1. The summed E-state index contributed by atoms with van der Waals surface area (Å²) >= 11 is 0. The Bertz CT molecular complexity index is 825. The van der Waals surface area contributed by atoms with Gasteiger partial charge in [0.2, 0.25) is 0 Å². The lowest BCUT2D eigenvalue weighted by molar-refractivity contribution is 0.112. The van der Waals surface area contributed by atoms with E-state index in [-0.39, 0.29) is 12.4 Å².